The molecule has 2 aromatic carbocycles. The fourth-order valence-electron chi connectivity index (χ4n) is 5.58. The monoisotopic (exact) mass is 500 g/mol. The van der Waals surface area contributed by atoms with Gasteiger partial charge in [0.25, 0.3) is 0 Å². The summed E-state index contributed by atoms with van der Waals surface area (Å²) in [5, 5.41) is 3.68. The van der Waals surface area contributed by atoms with Crippen molar-refractivity contribution in [1.82, 2.24) is 20.0 Å². The Kier molecular flexibility index (Phi) is 6.47. The van der Waals surface area contributed by atoms with Gasteiger partial charge in [0.1, 0.15) is 17.7 Å². The van der Waals surface area contributed by atoms with Gasteiger partial charge in [-0.3, -0.25) is 9.69 Å². The molecule has 7 heteroatoms. The third-order valence-corrected chi connectivity index (χ3v) is 7.98. The zero-order valence-electron chi connectivity index (χ0n) is 21.2. The van der Waals surface area contributed by atoms with Crippen LogP contribution in [0.5, 0.6) is 5.75 Å². The maximum absolute atomic E-state index is 14.6. The summed E-state index contributed by atoms with van der Waals surface area (Å²) < 4.78 is 20.1. The van der Waals surface area contributed by atoms with Crippen LogP contribution in [0.4, 0.5) is 4.39 Å². The number of nitrogens with one attached hydrogen (secondary N) is 1. The Morgan fingerprint density at radius 2 is 1.89 bits per heavy atom. The summed E-state index contributed by atoms with van der Waals surface area (Å²) in [6.45, 7) is 3.95. The van der Waals surface area contributed by atoms with Crippen LogP contribution in [0.3, 0.4) is 0 Å². The number of benzene rings is 2. The van der Waals surface area contributed by atoms with Crippen molar-refractivity contribution in [2.45, 2.75) is 25.4 Å². The van der Waals surface area contributed by atoms with Crippen LogP contribution >= 0.6 is 0 Å². The minimum atomic E-state index is -0.227. The molecule has 0 bridgehead atoms. The van der Waals surface area contributed by atoms with E-state index in [1.165, 1.54) is 12.5 Å². The van der Waals surface area contributed by atoms with Crippen LogP contribution in [0.15, 0.2) is 72.6 Å². The first-order chi connectivity index (χ1) is 18.1. The molecule has 1 aliphatic carbocycles. The van der Waals surface area contributed by atoms with Crippen molar-refractivity contribution in [3.63, 3.8) is 0 Å². The Labute approximate surface area is 217 Å². The van der Waals surface area contributed by atoms with Crippen molar-refractivity contribution in [3.8, 4) is 5.75 Å². The molecule has 1 amide bonds. The van der Waals surface area contributed by atoms with Gasteiger partial charge >= 0.3 is 0 Å². The zero-order valence-corrected chi connectivity index (χ0v) is 21.2. The van der Waals surface area contributed by atoms with Gasteiger partial charge in [0.05, 0.1) is 18.5 Å². The molecule has 0 aromatic heterocycles. The molecule has 1 N–H and O–H groups in total. The average Bonchev–Trinajstić information content (AvgIpc) is 3.26. The Hall–Kier alpha value is -3.58. The van der Waals surface area contributed by atoms with E-state index in [1.54, 1.807) is 13.2 Å². The van der Waals surface area contributed by atoms with E-state index in [0.29, 0.717) is 11.5 Å². The number of hydrogen-bond donors (Lipinski definition) is 1. The molecule has 3 aliphatic heterocycles. The van der Waals surface area contributed by atoms with E-state index < -0.39 is 0 Å². The Morgan fingerprint density at radius 1 is 1.08 bits per heavy atom. The van der Waals surface area contributed by atoms with E-state index in [9.17, 15) is 9.18 Å². The number of piperazine rings is 1. The standard InChI is InChI=1S/C30H33FN4O2/c1-37-24-9-5-8-22(18-24)29-27(20-33-14-16-34(17-15-33)30(36)21-6-4-7-21)35-19-23(12-13-28(35)32-29)25-10-2-3-11-26(25)31/h2-3,5,8-13,18-19,21,28,32H,4,6-7,14-17,20H2,1H3. The van der Waals surface area contributed by atoms with Gasteiger partial charge in [0.2, 0.25) is 5.91 Å². The molecule has 6 nitrogen and oxygen atoms in total. The van der Waals surface area contributed by atoms with E-state index in [4.69, 9.17) is 4.74 Å². The van der Waals surface area contributed by atoms with Crippen LogP contribution in [0.1, 0.15) is 30.4 Å². The maximum Gasteiger partial charge on any atom is 0.225 e. The van der Waals surface area contributed by atoms with Crippen molar-refractivity contribution >= 4 is 17.2 Å². The highest BCUT2D eigenvalue weighted by Crippen LogP contribution is 2.35. The summed E-state index contributed by atoms with van der Waals surface area (Å²) in [7, 11) is 1.68. The lowest BCUT2D eigenvalue weighted by molar-refractivity contribution is -0.139. The molecule has 2 aromatic rings. The van der Waals surface area contributed by atoms with Gasteiger partial charge in [0.15, 0.2) is 0 Å². The molecular formula is C30H33FN4O2. The van der Waals surface area contributed by atoms with Crippen LogP contribution in [-0.2, 0) is 4.79 Å². The first-order valence-corrected chi connectivity index (χ1v) is 13.2. The van der Waals surface area contributed by atoms with Crippen molar-refractivity contribution in [3.05, 3.63) is 89.5 Å². The van der Waals surface area contributed by atoms with E-state index in [1.807, 2.05) is 41.3 Å². The average molecular weight is 501 g/mol. The first-order valence-electron chi connectivity index (χ1n) is 13.2. The number of rotatable bonds is 6. The largest absolute Gasteiger partial charge is 0.497 e. The van der Waals surface area contributed by atoms with Crippen molar-refractivity contribution < 1.29 is 13.9 Å². The summed E-state index contributed by atoms with van der Waals surface area (Å²) >= 11 is 0. The minimum absolute atomic E-state index is 0.0480. The second kappa shape index (κ2) is 10.1. The van der Waals surface area contributed by atoms with Gasteiger partial charge < -0.3 is 19.9 Å². The second-order valence-corrected chi connectivity index (χ2v) is 10.2. The number of allylic oxidation sites excluding steroid dienone is 2. The molecule has 2 fully saturated rings. The number of carbonyl (C=O) groups excluding carboxylic acids is 1. The molecule has 1 saturated heterocycles. The summed E-state index contributed by atoms with van der Waals surface area (Å²) in [5.41, 5.74) is 4.67. The van der Waals surface area contributed by atoms with Gasteiger partial charge in [0, 0.05) is 61.5 Å². The molecule has 0 radical (unpaired) electrons. The zero-order chi connectivity index (χ0) is 25.4. The van der Waals surface area contributed by atoms with Crippen LogP contribution < -0.4 is 10.1 Å². The number of ether oxygens (including phenoxy) is 1. The molecule has 6 rings (SSSR count). The SMILES string of the molecule is COc1cccc(C2=C(CN3CCN(C(=O)C4CCC4)CC3)N3C=C(c4ccccc4F)C=CC3N2)c1. The number of amides is 1. The van der Waals surface area contributed by atoms with E-state index >= 15 is 0 Å². The van der Waals surface area contributed by atoms with Crippen molar-refractivity contribution in [2.24, 2.45) is 5.92 Å². The lowest BCUT2D eigenvalue weighted by Gasteiger charge is -2.39. The van der Waals surface area contributed by atoms with Gasteiger partial charge in [-0.2, -0.15) is 0 Å². The topological polar surface area (TPSA) is 48.1 Å². The molecule has 1 atom stereocenters. The minimum Gasteiger partial charge on any atom is -0.497 e. The Bertz CT molecular complexity index is 1270. The summed E-state index contributed by atoms with van der Waals surface area (Å²) in [5.74, 6) is 1.16. The molecule has 3 heterocycles. The lowest BCUT2D eigenvalue weighted by Crippen LogP contribution is -2.51. The van der Waals surface area contributed by atoms with Crippen molar-refractivity contribution in [2.75, 3.05) is 39.8 Å². The van der Waals surface area contributed by atoms with Gasteiger partial charge in [-0.15, -0.1) is 0 Å². The van der Waals surface area contributed by atoms with E-state index in [2.05, 4.69) is 33.5 Å². The number of fused-ring (bicyclic) bond motifs is 1. The van der Waals surface area contributed by atoms with Crippen LogP contribution in [0.2, 0.25) is 0 Å². The highest BCUT2D eigenvalue weighted by Gasteiger charge is 2.35. The Balaban J connectivity index is 1.28. The summed E-state index contributed by atoms with van der Waals surface area (Å²) in [4.78, 5) is 19.4. The van der Waals surface area contributed by atoms with Gasteiger partial charge in [-0.1, -0.05) is 42.8 Å². The van der Waals surface area contributed by atoms with Crippen LogP contribution in [-0.4, -0.2) is 66.6 Å². The fourth-order valence-corrected chi connectivity index (χ4v) is 5.58. The number of hydrogen-bond acceptors (Lipinski definition) is 5. The molecule has 0 spiro atoms. The fraction of sp³-hybridized carbons (Fsp3) is 0.367. The quantitative estimate of drug-likeness (QED) is 0.641. The summed E-state index contributed by atoms with van der Waals surface area (Å²) in [6.07, 6.45) is 9.35. The van der Waals surface area contributed by atoms with Gasteiger partial charge in [-0.25, -0.2) is 4.39 Å². The summed E-state index contributed by atoms with van der Waals surface area (Å²) in [6, 6.07) is 15.0. The molecular weight excluding hydrogens is 467 g/mol. The number of halogens is 1. The van der Waals surface area contributed by atoms with Crippen LogP contribution in [0, 0.1) is 11.7 Å². The normalized spacial score (nSPS) is 21.9. The van der Waals surface area contributed by atoms with E-state index in [-0.39, 0.29) is 17.9 Å². The molecule has 192 valence electrons. The smallest absolute Gasteiger partial charge is 0.225 e. The highest BCUT2D eigenvalue weighted by atomic mass is 19.1. The highest BCUT2D eigenvalue weighted by molar-refractivity contribution is 5.80. The van der Waals surface area contributed by atoms with Gasteiger partial charge in [-0.05, 0) is 37.1 Å². The molecule has 4 aliphatic rings. The molecule has 1 saturated carbocycles. The van der Waals surface area contributed by atoms with E-state index in [0.717, 1.165) is 73.8 Å². The number of carbonyl (C=O) groups is 1. The third kappa shape index (κ3) is 4.64. The second-order valence-electron chi connectivity index (χ2n) is 10.2. The number of methoxy groups -OCH3 is 1. The van der Waals surface area contributed by atoms with Crippen LogP contribution in [0.25, 0.3) is 11.3 Å². The Morgan fingerprint density at radius 3 is 2.62 bits per heavy atom. The third-order valence-electron chi connectivity index (χ3n) is 7.98. The lowest BCUT2D eigenvalue weighted by atomic mass is 9.84. The van der Waals surface area contributed by atoms with Crippen molar-refractivity contribution in [1.29, 1.82) is 0 Å². The number of nitrogens with zero attached hydrogens (tertiary/aromatic N) is 3. The first kappa shape index (κ1) is 23.8. The predicted molar refractivity (Wildman–Crippen MR) is 143 cm³/mol. The predicted octanol–water partition coefficient (Wildman–Crippen LogP) is 4.29. The molecule has 37 heavy (non-hydrogen) atoms. The maximum atomic E-state index is 14.6. The molecule has 1 unspecified atom stereocenters.